The van der Waals surface area contributed by atoms with Gasteiger partial charge in [0.25, 0.3) is 5.91 Å². The molecule has 2 aromatic carbocycles. The lowest BCUT2D eigenvalue weighted by Crippen LogP contribution is -2.53. The van der Waals surface area contributed by atoms with E-state index in [0.717, 1.165) is 10.0 Å². The van der Waals surface area contributed by atoms with Crippen LogP contribution < -0.4 is 15.6 Å². The Morgan fingerprint density at radius 2 is 1.80 bits per heavy atom. The SMILES string of the molecule is CC(C)CNNC(=O)[C@@]1(CCC(=O)OC(C)(C)C)N=C(c2ccc(OCCCO)cc2)O[C@H]1c1ccc(Br)cc1. The van der Waals surface area contributed by atoms with Crippen LogP contribution in [0.2, 0.25) is 0 Å². The number of ether oxygens (including phenoxy) is 3. The maximum atomic E-state index is 13.9. The third kappa shape index (κ3) is 8.78. The standard InChI is InChI=1S/C30H40BrN3O6/c1-20(2)19-32-34-28(37)30(16-15-25(36)40-29(3,4)5)26(21-7-11-23(31)12-8-21)39-27(33-30)22-9-13-24(14-10-22)38-18-6-17-35/h7-14,20,26,32,35H,6,15-19H2,1-5H3,(H,34,37)/t26-,30-/m0/s1. The molecule has 2 atom stereocenters. The highest BCUT2D eigenvalue weighted by Gasteiger charge is 2.53. The number of aliphatic imine (C=N–C) groups is 1. The van der Waals surface area contributed by atoms with Crippen LogP contribution >= 0.6 is 15.9 Å². The van der Waals surface area contributed by atoms with Gasteiger partial charge in [0.2, 0.25) is 5.90 Å². The summed E-state index contributed by atoms with van der Waals surface area (Å²) in [4.78, 5) is 31.6. The predicted molar refractivity (Wildman–Crippen MR) is 157 cm³/mol. The lowest BCUT2D eigenvalue weighted by atomic mass is 9.83. The zero-order valence-corrected chi connectivity index (χ0v) is 25.4. The number of hydrazine groups is 1. The van der Waals surface area contributed by atoms with Gasteiger partial charge in [-0.2, -0.15) is 0 Å². The number of rotatable bonds is 13. The highest BCUT2D eigenvalue weighted by Crippen LogP contribution is 2.43. The minimum atomic E-state index is -1.44. The average Bonchev–Trinajstić information content (AvgIpc) is 3.28. The largest absolute Gasteiger partial charge is 0.494 e. The molecule has 0 radical (unpaired) electrons. The molecule has 1 aliphatic rings. The number of halogens is 1. The molecule has 9 nitrogen and oxygen atoms in total. The van der Waals surface area contributed by atoms with Crippen molar-refractivity contribution in [3.63, 3.8) is 0 Å². The van der Waals surface area contributed by atoms with Crippen molar-refractivity contribution < 1.29 is 28.9 Å². The first-order valence-corrected chi connectivity index (χ1v) is 14.3. The second kappa shape index (κ2) is 14.1. The molecule has 0 saturated heterocycles. The van der Waals surface area contributed by atoms with E-state index in [-0.39, 0.29) is 25.3 Å². The molecular weight excluding hydrogens is 578 g/mol. The number of hydrogen-bond donors (Lipinski definition) is 3. The molecular formula is C30H40BrN3O6. The third-order valence-electron chi connectivity index (χ3n) is 6.05. The molecule has 3 rings (SSSR count). The van der Waals surface area contributed by atoms with Crippen molar-refractivity contribution in [2.45, 2.75) is 71.1 Å². The van der Waals surface area contributed by atoms with E-state index in [1.807, 2.05) is 50.2 Å². The van der Waals surface area contributed by atoms with E-state index in [2.05, 4.69) is 26.8 Å². The summed E-state index contributed by atoms with van der Waals surface area (Å²) in [7, 11) is 0. The highest BCUT2D eigenvalue weighted by atomic mass is 79.9. The van der Waals surface area contributed by atoms with Crippen LogP contribution in [-0.4, -0.2) is 53.8 Å². The highest BCUT2D eigenvalue weighted by molar-refractivity contribution is 9.10. The first-order chi connectivity index (χ1) is 18.9. The van der Waals surface area contributed by atoms with Crippen molar-refractivity contribution in [2.24, 2.45) is 10.9 Å². The third-order valence-corrected chi connectivity index (χ3v) is 6.57. The van der Waals surface area contributed by atoms with Gasteiger partial charge in [0.05, 0.1) is 6.61 Å². The minimum Gasteiger partial charge on any atom is -0.494 e. The van der Waals surface area contributed by atoms with Gasteiger partial charge in [-0.25, -0.2) is 10.4 Å². The lowest BCUT2D eigenvalue weighted by Gasteiger charge is -2.31. The van der Waals surface area contributed by atoms with Crippen LogP contribution in [-0.2, 0) is 19.1 Å². The molecule has 0 fully saturated rings. The van der Waals surface area contributed by atoms with E-state index in [0.29, 0.717) is 36.8 Å². The van der Waals surface area contributed by atoms with E-state index >= 15 is 0 Å². The van der Waals surface area contributed by atoms with Gasteiger partial charge in [0.15, 0.2) is 11.6 Å². The van der Waals surface area contributed by atoms with Gasteiger partial charge in [0, 0.05) is 36.0 Å². The molecule has 2 aromatic rings. The van der Waals surface area contributed by atoms with Crippen molar-refractivity contribution >= 4 is 33.7 Å². The average molecular weight is 619 g/mol. The summed E-state index contributed by atoms with van der Waals surface area (Å²) < 4.78 is 18.5. The molecule has 0 spiro atoms. The number of aliphatic hydroxyl groups excluding tert-OH is 1. The van der Waals surface area contributed by atoms with Crippen LogP contribution in [0.5, 0.6) is 5.75 Å². The quantitative estimate of drug-likeness (QED) is 0.167. The number of carbonyl (C=O) groups excluding carboxylic acids is 2. The van der Waals surface area contributed by atoms with Crippen LogP contribution in [0, 0.1) is 5.92 Å². The molecule has 0 unspecified atom stereocenters. The van der Waals surface area contributed by atoms with Gasteiger partial charge >= 0.3 is 5.97 Å². The Labute approximate surface area is 244 Å². The van der Waals surface area contributed by atoms with Gasteiger partial charge in [-0.1, -0.05) is 41.9 Å². The van der Waals surface area contributed by atoms with Crippen LogP contribution in [0.3, 0.4) is 0 Å². The van der Waals surface area contributed by atoms with Crippen LogP contribution in [0.1, 0.15) is 71.1 Å². The van der Waals surface area contributed by atoms with Crippen molar-refractivity contribution in [1.82, 2.24) is 10.9 Å². The monoisotopic (exact) mass is 617 g/mol. The maximum absolute atomic E-state index is 13.9. The summed E-state index contributed by atoms with van der Waals surface area (Å²) in [5.74, 6) is 0.420. The topological polar surface area (TPSA) is 118 Å². The number of carbonyl (C=O) groups is 2. The molecule has 40 heavy (non-hydrogen) atoms. The van der Waals surface area contributed by atoms with Crippen molar-refractivity contribution in [1.29, 1.82) is 0 Å². The van der Waals surface area contributed by atoms with Crippen LogP contribution in [0.15, 0.2) is 58.0 Å². The molecule has 1 amide bonds. The summed E-state index contributed by atoms with van der Waals surface area (Å²) >= 11 is 3.47. The van der Waals surface area contributed by atoms with Gasteiger partial charge in [-0.15, -0.1) is 0 Å². The van der Waals surface area contributed by atoms with Gasteiger partial charge < -0.3 is 19.3 Å². The van der Waals surface area contributed by atoms with Gasteiger partial charge in [-0.3, -0.25) is 15.0 Å². The predicted octanol–water partition coefficient (Wildman–Crippen LogP) is 4.87. The molecule has 10 heteroatoms. The fraction of sp³-hybridized carbons (Fsp3) is 0.500. The minimum absolute atomic E-state index is 0.0281. The molecule has 1 heterocycles. The van der Waals surface area contributed by atoms with E-state index in [9.17, 15) is 9.59 Å². The van der Waals surface area contributed by atoms with E-state index in [1.54, 1.807) is 32.9 Å². The van der Waals surface area contributed by atoms with Gasteiger partial charge in [0.1, 0.15) is 11.4 Å². The van der Waals surface area contributed by atoms with Crippen molar-refractivity contribution in [3.05, 3.63) is 64.1 Å². The number of amides is 1. The maximum Gasteiger partial charge on any atom is 0.306 e. The van der Waals surface area contributed by atoms with Crippen molar-refractivity contribution in [2.75, 3.05) is 19.8 Å². The normalized spacial score (nSPS) is 18.7. The number of nitrogens with zero attached hydrogens (tertiary/aromatic N) is 1. The molecule has 1 aliphatic heterocycles. The lowest BCUT2D eigenvalue weighted by molar-refractivity contribution is -0.155. The summed E-state index contributed by atoms with van der Waals surface area (Å²) in [6.45, 7) is 10.5. The number of aliphatic hydroxyl groups is 1. The van der Waals surface area contributed by atoms with Crippen LogP contribution in [0.4, 0.5) is 0 Å². The smallest absolute Gasteiger partial charge is 0.306 e. The summed E-state index contributed by atoms with van der Waals surface area (Å²) in [6, 6.07) is 14.7. The molecule has 0 aliphatic carbocycles. The Hall–Kier alpha value is -2.95. The second-order valence-electron chi connectivity index (χ2n) is 11.2. The second-order valence-corrected chi connectivity index (χ2v) is 12.1. The van der Waals surface area contributed by atoms with E-state index in [1.165, 1.54) is 0 Å². The number of benzene rings is 2. The number of nitrogens with one attached hydrogen (secondary N) is 2. The zero-order valence-electron chi connectivity index (χ0n) is 23.8. The molecule has 3 N–H and O–H groups in total. The summed E-state index contributed by atoms with van der Waals surface area (Å²) in [5, 5.41) is 8.99. The Morgan fingerprint density at radius 1 is 1.12 bits per heavy atom. The van der Waals surface area contributed by atoms with E-state index < -0.39 is 29.1 Å². The summed E-state index contributed by atoms with van der Waals surface area (Å²) in [6.07, 6.45) is -0.213. The Bertz CT molecular complexity index is 1160. The van der Waals surface area contributed by atoms with Crippen LogP contribution in [0.25, 0.3) is 0 Å². The summed E-state index contributed by atoms with van der Waals surface area (Å²) in [5.41, 5.74) is 5.12. The van der Waals surface area contributed by atoms with E-state index in [4.69, 9.17) is 24.3 Å². The zero-order chi connectivity index (χ0) is 29.3. The Kier molecular flexibility index (Phi) is 11.1. The Balaban J connectivity index is 2.00. The van der Waals surface area contributed by atoms with Gasteiger partial charge in [-0.05, 0) is 75.1 Å². The fourth-order valence-electron chi connectivity index (χ4n) is 4.14. The molecule has 218 valence electrons. The first kappa shape index (κ1) is 31.6. The van der Waals surface area contributed by atoms with Crippen molar-refractivity contribution in [3.8, 4) is 5.75 Å². The number of esters is 1. The molecule has 0 aromatic heterocycles. The molecule has 0 saturated carbocycles. The fourth-order valence-corrected chi connectivity index (χ4v) is 4.40. The first-order valence-electron chi connectivity index (χ1n) is 13.5. The Morgan fingerprint density at radius 3 is 2.40 bits per heavy atom. The number of hydrogen-bond acceptors (Lipinski definition) is 8. The molecule has 0 bridgehead atoms.